The average molecular weight is 415 g/mol. The second kappa shape index (κ2) is 8.30. The minimum absolute atomic E-state index is 0.0165. The first kappa shape index (κ1) is 21.6. The van der Waals surface area contributed by atoms with Gasteiger partial charge in [0.05, 0.1) is 18.4 Å². The first-order valence-corrected chi connectivity index (χ1v) is 9.47. The smallest absolute Gasteiger partial charge is 0.416 e. The number of methoxy groups -OCH3 is 1. The van der Waals surface area contributed by atoms with E-state index in [9.17, 15) is 13.2 Å². The Morgan fingerprint density at radius 1 is 0.733 bits per heavy atom. The van der Waals surface area contributed by atoms with Crippen molar-refractivity contribution in [3.05, 3.63) is 77.9 Å². The van der Waals surface area contributed by atoms with Gasteiger partial charge in [-0.05, 0) is 65.6 Å². The molecular weight excluding hydrogens is 391 g/mol. The second-order valence-electron chi connectivity index (χ2n) is 7.94. The molecule has 0 spiro atoms. The fourth-order valence-corrected chi connectivity index (χ4v) is 2.87. The molecule has 0 aromatic heterocycles. The normalized spacial score (nSPS) is 11.8. The minimum atomic E-state index is -4.45. The highest BCUT2D eigenvalue weighted by Crippen LogP contribution is 2.38. The summed E-state index contributed by atoms with van der Waals surface area (Å²) in [5.74, 6) is 1.43. The zero-order valence-electron chi connectivity index (χ0n) is 17.3. The van der Waals surface area contributed by atoms with Crippen LogP contribution in [0.2, 0.25) is 0 Å². The van der Waals surface area contributed by atoms with E-state index < -0.39 is 11.7 Å². The summed E-state index contributed by atoms with van der Waals surface area (Å²) >= 11 is 0. The second-order valence-corrected chi connectivity index (χ2v) is 7.94. The van der Waals surface area contributed by atoms with E-state index in [2.05, 4.69) is 26.1 Å². The first-order chi connectivity index (χ1) is 14.1. The van der Waals surface area contributed by atoms with Gasteiger partial charge in [0, 0.05) is 5.69 Å². The molecule has 1 N–H and O–H groups in total. The van der Waals surface area contributed by atoms with Gasteiger partial charge in [0.25, 0.3) is 0 Å². The third kappa shape index (κ3) is 5.26. The van der Waals surface area contributed by atoms with Crippen LogP contribution in [0.4, 0.5) is 24.5 Å². The maximum Gasteiger partial charge on any atom is 0.416 e. The molecule has 0 aliphatic heterocycles. The molecule has 30 heavy (non-hydrogen) atoms. The third-order valence-electron chi connectivity index (χ3n) is 4.62. The topological polar surface area (TPSA) is 30.5 Å². The van der Waals surface area contributed by atoms with Crippen molar-refractivity contribution in [1.82, 2.24) is 0 Å². The molecule has 3 nitrogen and oxygen atoms in total. The summed E-state index contributed by atoms with van der Waals surface area (Å²) < 4.78 is 50.7. The van der Waals surface area contributed by atoms with E-state index in [1.807, 2.05) is 24.3 Å². The summed E-state index contributed by atoms with van der Waals surface area (Å²) in [7, 11) is 1.55. The summed E-state index contributed by atoms with van der Waals surface area (Å²) in [6, 6.07) is 17.8. The molecule has 3 aromatic carbocycles. The Bertz CT molecular complexity index is 989. The number of anilines is 2. The zero-order valence-corrected chi connectivity index (χ0v) is 17.3. The number of ether oxygens (including phenoxy) is 2. The molecule has 0 amide bonds. The third-order valence-corrected chi connectivity index (χ3v) is 4.62. The van der Waals surface area contributed by atoms with Gasteiger partial charge in [-0.3, -0.25) is 0 Å². The molecule has 0 fully saturated rings. The quantitative estimate of drug-likeness (QED) is 0.467. The molecular formula is C24H24F3NO2. The Hall–Kier alpha value is -3.15. The van der Waals surface area contributed by atoms with Gasteiger partial charge in [0.15, 0.2) is 5.75 Å². The van der Waals surface area contributed by atoms with Crippen LogP contribution in [0, 0.1) is 0 Å². The summed E-state index contributed by atoms with van der Waals surface area (Å²) in [6.45, 7) is 6.30. The molecule has 0 radical (unpaired) electrons. The molecule has 158 valence electrons. The van der Waals surface area contributed by atoms with Crippen molar-refractivity contribution >= 4 is 11.4 Å². The highest BCUT2D eigenvalue weighted by atomic mass is 19.4. The van der Waals surface area contributed by atoms with E-state index in [0.717, 1.165) is 17.7 Å². The van der Waals surface area contributed by atoms with Gasteiger partial charge in [0.2, 0.25) is 0 Å². The van der Waals surface area contributed by atoms with Crippen LogP contribution in [-0.2, 0) is 11.6 Å². The standard InChI is InChI=1S/C24H24F3NO2/c1-23(2,3)16-5-8-18(9-6-16)28-21-15-17(24(25,26)27)7-14-22(21)30-20-12-10-19(29-4)11-13-20/h5-15,28H,1-4H3. The Labute approximate surface area is 174 Å². The van der Waals surface area contributed by atoms with E-state index in [1.165, 1.54) is 6.07 Å². The summed E-state index contributed by atoms with van der Waals surface area (Å²) in [4.78, 5) is 0. The number of benzene rings is 3. The van der Waals surface area contributed by atoms with Crippen LogP contribution in [0.5, 0.6) is 17.2 Å². The molecule has 0 atom stereocenters. The van der Waals surface area contributed by atoms with Crippen LogP contribution in [0.1, 0.15) is 31.9 Å². The predicted octanol–water partition coefficient (Wildman–Crippen LogP) is 7.55. The van der Waals surface area contributed by atoms with Gasteiger partial charge in [0.1, 0.15) is 11.5 Å². The molecule has 0 aliphatic carbocycles. The Morgan fingerprint density at radius 3 is 1.83 bits per heavy atom. The fourth-order valence-electron chi connectivity index (χ4n) is 2.87. The lowest BCUT2D eigenvalue weighted by atomic mass is 9.87. The highest BCUT2D eigenvalue weighted by molar-refractivity contribution is 5.68. The van der Waals surface area contributed by atoms with Crippen LogP contribution in [0.3, 0.4) is 0 Å². The predicted molar refractivity (Wildman–Crippen MR) is 113 cm³/mol. The molecule has 0 heterocycles. The summed E-state index contributed by atoms with van der Waals surface area (Å²) in [6.07, 6.45) is -4.45. The lowest BCUT2D eigenvalue weighted by molar-refractivity contribution is -0.137. The molecule has 0 saturated carbocycles. The minimum Gasteiger partial charge on any atom is -0.497 e. The summed E-state index contributed by atoms with van der Waals surface area (Å²) in [5.41, 5.74) is 1.26. The van der Waals surface area contributed by atoms with Crippen molar-refractivity contribution < 1.29 is 22.6 Å². The largest absolute Gasteiger partial charge is 0.497 e. The SMILES string of the molecule is COc1ccc(Oc2ccc(C(F)(F)F)cc2Nc2ccc(C(C)(C)C)cc2)cc1. The number of nitrogens with one attached hydrogen (secondary N) is 1. The molecule has 0 bridgehead atoms. The van der Waals surface area contributed by atoms with Crippen LogP contribution in [0.25, 0.3) is 0 Å². The van der Waals surface area contributed by atoms with Crippen LogP contribution in [0.15, 0.2) is 66.7 Å². The van der Waals surface area contributed by atoms with E-state index in [4.69, 9.17) is 9.47 Å². The lowest BCUT2D eigenvalue weighted by Gasteiger charge is -2.20. The number of rotatable bonds is 5. The first-order valence-electron chi connectivity index (χ1n) is 9.47. The Morgan fingerprint density at radius 2 is 1.30 bits per heavy atom. The highest BCUT2D eigenvalue weighted by Gasteiger charge is 2.31. The Balaban J connectivity index is 1.92. The molecule has 0 unspecified atom stereocenters. The molecule has 6 heteroatoms. The monoisotopic (exact) mass is 415 g/mol. The van der Waals surface area contributed by atoms with E-state index >= 15 is 0 Å². The van der Waals surface area contributed by atoms with Crippen molar-refractivity contribution in [1.29, 1.82) is 0 Å². The molecule has 0 saturated heterocycles. The Kier molecular flexibility index (Phi) is 5.97. The van der Waals surface area contributed by atoms with Crippen LogP contribution in [-0.4, -0.2) is 7.11 Å². The van der Waals surface area contributed by atoms with Crippen LogP contribution < -0.4 is 14.8 Å². The van der Waals surface area contributed by atoms with Gasteiger partial charge in [-0.15, -0.1) is 0 Å². The van der Waals surface area contributed by atoms with Crippen molar-refractivity contribution in [2.24, 2.45) is 0 Å². The van der Waals surface area contributed by atoms with Gasteiger partial charge < -0.3 is 14.8 Å². The van der Waals surface area contributed by atoms with Gasteiger partial charge in [-0.1, -0.05) is 32.9 Å². The number of hydrogen-bond acceptors (Lipinski definition) is 3. The number of hydrogen-bond donors (Lipinski definition) is 1. The maximum atomic E-state index is 13.3. The van der Waals surface area contributed by atoms with E-state index in [-0.39, 0.29) is 16.9 Å². The maximum absolute atomic E-state index is 13.3. The van der Waals surface area contributed by atoms with Crippen LogP contribution >= 0.6 is 0 Å². The molecule has 3 aromatic rings. The number of halogens is 3. The number of alkyl halides is 3. The molecule has 3 rings (SSSR count). The van der Waals surface area contributed by atoms with Crippen molar-refractivity contribution in [3.8, 4) is 17.2 Å². The average Bonchev–Trinajstić information content (AvgIpc) is 2.69. The van der Waals surface area contributed by atoms with Gasteiger partial charge in [-0.2, -0.15) is 13.2 Å². The molecule has 0 aliphatic rings. The van der Waals surface area contributed by atoms with Gasteiger partial charge in [-0.25, -0.2) is 0 Å². The van der Waals surface area contributed by atoms with Crippen molar-refractivity contribution in [2.45, 2.75) is 32.4 Å². The summed E-state index contributed by atoms with van der Waals surface area (Å²) in [5, 5.41) is 3.06. The zero-order chi connectivity index (χ0) is 21.9. The fraction of sp³-hybridized carbons (Fsp3) is 0.250. The van der Waals surface area contributed by atoms with Crippen molar-refractivity contribution in [3.63, 3.8) is 0 Å². The lowest BCUT2D eigenvalue weighted by Crippen LogP contribution is -2.10. The van der Waals surface area contributed by atoms with Crippen molar-refractivity contribution in [2.75, 3.05) is 12.4 Å². The van der Waals surface area contributed by atoms with Gasteiger partial charge >= 0.3 is 6.18 Å². The van der Waals surface area contributed by atoms with E-state index in [1.54, 1.807) is 31.4 Å². The van der Waals surface area contributed by atoms with E-state index in [0.29, 0.717) is 17.2 Å².